The van der Waals surface area contributed by atoms with E-state index in [0.29, 0.717) is 18.9 Å². The second-order valence-corrected chi connectivity index (χ2v) is 4.58. The summed E-state index contributed by atoms with van der Waals surface area (Å²) in [6, 6.07) is 8.09. The van der Waals surface area contributed by atoms with Crippen molar-refractivity contribution in [1.29, 1.82) is 0 Å². The highest BCUT2D eigenvalue weighted by molar-refractivity contribution is 5.82. The number of benzene rings is 1. The van der Waals surface area contributed by atoms with Crippen molar-refractivity contribution in [2.24, 2.45) is 0 Å². The standard InChI is InChI=1S/C14H19NO2/c1-12-3-5-14(6-4-12)17-10-2-8-15-9-7-13(16)11-15/h3-6H,2,7-11H2,1H3. The van der Waals surface area contributed by atoms with Crippen LogP contribution in [0.1, 0.15) is 18.4 Å². The van der Waals surface area contributed by atoms with Gasteiger partial charge in [0.25, 0.3) is 0 Å². The van der Waals surface area contributed by atoms with Crippen molar-refractivity contribution in [2.75, 3.05) is 26.2 Å². The molecular formula is C14H19NO2. The molecule has 1 aliphatic heterocycles. The third-order valence-corrected chi connectivity index (χ3v) is 3.02. The van der Waals surface area contributed by atoms with Gasteiger partial charge in [0.15, 0.2) is 0 Å². The van der Waals surface area contributed by atoms with Crippen LogP contribution in [0.3, 0.4) is 0 Å². The first kappa shape index (κ1) is 12.1. The second-order valence-electron chi connectivity index (χ2n) is 4.58. The molecule has 3 nitrogen and oxygen atoms in total. The van der Waals surface area contributed by atoms with E-state index in [1.54, 1.807) is 0 Å². The Morgan fingerprint density at radius 2 is 2.06 bits per heavy atom. The van der Waals surface area contributed by atoms with Gasteiger partial charge < -0.3 is 4.74 Å². The minimum atomic E-state index is 0.365. The number of hydrogen-bond acceptors (Lipinski definition) is 3. The van der Waals surface area contributed by atoms with Crippen LogP contribution < -0.4 is 4.74 Å². The largest absolute Gasteiger partial charge is 0.494 e. The van der Waals surface area contributed by atoms with E-state index >= 15 is 0 Å². The van der Waals surface area contributed by atoms with Crippen molar-refractivity contribution < 1.29 is 9.53 Å². The van der Waals surface area contributed by atoms with E-state index in [9.17, 15) is 4.79 Å². The van der Waals surface area contributed by atoms with Gasteiger partial charge in [-0.3, -0.25) is 9.69 Å². The van der Waals surface area contributed by atoms with E-state index < -0.39 is 0 Å². The zero-order chi connectivity index (χ0) is 12.1. The van der Waals surface area contributed by atoms with Gasteiger partial charge >= 0.3 is 0 Å². The first-order valence-corrected chi connectivity index (χ1v) is 6.17. The molecule has 3 heteroatoms. The molecule has 1 aliphatic rings. The van der Waals surface area contributed by atoms with Gasteiger partial charge in [-0.1, -0.05) is 17.7 Å². The summed E-state index contributed by atoms with van der Waals surface area (Å²) < 4.78 is 5.64. The first-order chi connectivity index (χ1) is 8.24. The first-order valence-electron chi connectivity index (χ1n) is 6.17. The molecule has 0 aromatic heterocycles. The molecule has 0 bridgehead atoms. The number of aryl methyl sites for hydroxylation is 1. The topological polar surface area (TPSA) is 29.5 Å². The van der Waals surface area contributed by atoms with E-state index in [1.165, 1.54) is 5.56 Å². The number of carbonyl (C=O) groups is 1. The van der Waals surface area contributed by atoms with E-state index in [1.807, 2.05) is 12.1 Å². The van der Waals surface area contributed by atoms with Crippen molar-refractivity contribution in [3.05, 3.63) is 29.8 Å². The van der Waals surface area contributed by atoms with Gasteiger partial charge in [-0.2, -0.15) is 0 Å². The van der Waals surface area contributed by atoms with Crippen LogP contribution >= 0.6 is 0 Å². The molecule has 1 heterocycles. The summed E-state index contributed by atoms with van der Waals surface area (Å²) in [6.07, 6.45) is 1.69. The van der Waals surface area contributed by atoms with Crippen LogP contribution in [0.4, 0.5) is 0 Å². The van der Waals surface area contributed by atoms with Crippen molar-refractivity contribution >= 4 is 5.78 Å². The zero-order valence-corrected chi connectivity index (χ0v) is 10.3. The molecule has 1 aromatic rings. The SMILES string of the molecule is Cc1ccc(OCCCN2CCC(=O)C2)cc1. The molecule has 1 aromatic carbocycles. The second kappa shape index (κ2) is 5.82. The van der Waals surface area contributed by atoms with Crippen molar-refractivity contribution in [1.82, 2.24) is 4.90 Å². The smallest absolute Gasteiger partial charge is 0.148 e. The number of carbonyl (C=O) groups excluding carboxylic acids is 1. The minimum absolute atomic E-state index is 0.365. The molecule has 17 heavy (non-hydrogen) atoms. The highest BCUT2D eigenvalue weighted by Crippen LogP contribution is 2.12. The number of Topliss-reactive ketones (excluding diaryl/α,β-unsaturated/α-hetero) is 1. The van der Waals surface area contributed by atoms with Crippen LogP contribution in [-0.4, -0.2) is 36.9 Å². The number of likely N-dealkylation sites (tertiary alicyclic amines) is 1. The van der Waals surface area contributed by atoms with Crippen LogP contribution in [0.5, 0.6) is 5.75 Å². The van der Waals surface area contributed by atoms with Gasteiger partial charge in [0.2, 0.25) is 0 Å². The Hall–Kier alpha value is -1.35. The third-order valence-electron chi connectivity index (χ3n) is 3.02. The lowest BCUT2D eigenvalue weighted by Gasteiger charge is -2.13. The Morgan fingerprint density at radius 1 is 1.29 bits per heavy atom. The number of nitrogens with zero attached hydrogens (tertiary/aromatic N) is 1. The molecule has 0 N–H and O–H groups in total. The molecule has 0 aliphatic carbocycles. The van der Waals surface area contributed by atoms with Gasteiger partial charge in [0, 0.05) is 19.5 Å². The lowest BCUT2D eigenvalue weighted by atomic mass is 10.2. The summed E-state index contributed by atoms with van der Waals surface area (Å²) in [5.41, 5.74) is 1.24. The van der Waals surface area contributed by atoms with E-state index in [-0.39, 0.29) is 0 Å². The fourth-order valence-corrected chi connectivity index (χ4v) is 1.99. The summed E-state index contributed by atoms with van der Waals surface area (Å²) in [5, 5.41) is 0. The molecule has 0 amide bonds. The summed E-state index contributed by atoms with van der Waals surface area (Å²) in [5.74, 6) is 1.29. The summed E-state index contributed by atoms with van der Waals surface area (Å²) in [4.78, 5) is 13.3. The maximum absolute atomic E-state index is 11.1. The predicted octanol–water partition coefficient (Wildman–Crippen LogP) is 2.04. The molecule has 2 rings (SSSR count). The monoisotopic (exact) mass is 233 g/mol. The van der Waals surface area contributed by atoms with Crippen LogP contribution in [0, 0.1) is 6.92 Å². The van der Waals surface area contributed by atoms with E-state index in [0.717, 1.165) is 31.7 Å². The van der Waals surface area contributed by atoms with Crippen LogP contribution in [0.15, 0.2) is 24.3 Å². The molecule has 0 radical (unpaired) electrons. The third kappa shape index (κ3) is 3.86. The van der Waals surface area contributed by atoms with Gasteiger partial charge in [-0.05, 0) is 25.5 Å². The quantitative estimate of drug-likeness (QED) is 0.729. The highest BCUT2D eigenvalue weighted by atomic mass is 16.5. The maximum atomic E-state index is 11.1. The fourth-order valence-electron chi connectivity index (χ4n) is 1.99. The molecule has 92 valence electrons. The molecule has 0 saturated carbocycles. The van der Waals surface area contributed by atoms with Crippen LogP contribution in [0.25, 0.3) is 0 Å². The van der Waals surface area contributed by atoms with Crippen molar-refractivity contribution in [3.8, 4) is 5.75 Å². The van der Waals surface area contributed by atoms with E-state index in [4.69, 9.17) is 4.74 Å². The number of rotatable bonds is 5. The van der Waals surface area contributed by atoms with Crippen molar-refractivity contribution in [3.63, 3.8) is 0 Å². The average Bonchev–Trinajstić information content (AvgIpc) is 2.73. The Balaban J connectivity index is 1.63. The predicted molar refractivity (Wildman–Crippen MR) is 67.4 cm³/mol. The Bertz CT molecular complexity index is 372. The number of hydrogen-bond donors (Lipinski definition) is 0. The molecule has 0 unspecified atom stereocenters. The molecular weight excluding hydrogens is 214 g/mol. The van der Waals surface area contributed by atoms with Crippen molar-refractivity contribution in [2.45, 2.75) is 19.8 Å². The molecule has 0 spiro atoms. The lowest BCUT2D eigenvalue weighted by Crippen LogP contribution is -2.23. The fraction of sp³-hybridized carbons (Fsp3) is 0.500. The molecule has 1 saturated heterocycles. The normalized spacial score (nSPS) is 16.4. The van der Waals surface area contributed by atoms with Gasteiger partial charge in [-0.25, -0.2) is 0 Å². The number of ether oxygens (including phenoxy) is 1. The average molecular weight is 233 g/mol. The summed E-state index contributed by atoms with van der Waals surface area (Å²) >= 11 is 0. The Kier molecular flexibility index (Phi) is 4.15. The Labute approximate surface area is 102 Å². The lowest BCUT2D eigenvalue weighted by molar-refractivity contribution is -0.116. The molecule has 1 fully saturated rings. The zero-order valence-electron chi connectivity index (χ0n) is 10.3. The van der Waals surface area contributed by atoms with Crippen LogP contribution in [0.2, 0.25) is 0 Å². The van der Waals surface area contributed by atoms with Gasteiger partial charge in [0.05, 0.1) is 13.2 Å². The maximum Gasteiger partial charge on any atom is 0.148 e. The van der Waals surface area contributed by atoms with Crippen LogP contribution in [-0.2, 0) is 4.79 Å². The molecule has 0 atom stereocenters. The summed E-state index contributed by atoms with van der Waals surface area (Å²) in [7, 11) is 0. The van der Waals surface area contributed by atoms with Gasteiger partial charge in [-0.15, -0.1) is 0 Å². The Morgan fingerprint density at radius 3 is 2.71 bits per heavy atom. The highest BCUT2D eigenvalue weighted by Gasteiger charge is 2.18. The summed E-state index contributed by atoms with van der Waals surface area (Å²) in [6.45, 7) is 5.29. The van der Waals surface area contributed by atoms with Gasteiger partial charge in [0.1, 0.15) is 11.5 Å². The van der Waals surface area contributed by atoms with E-state index in [2.05, 4.69) is 24.0 Å². The number of ketones is 1. The minimum Gasteiger partial charge on any atom is -0.494 e.